The molecule has 17 heavy (non-hydrogen) atoms. The van der Waals surface area contributed by atoms with Gasteiger partial charge in [0.05, 0.1) is 5.69 Å². The van der Waals surface area contributed by atoms with Crippen LogP contribution in [0.3, 0.4) is 0 Å². The normalized spacial score (nSPS) is 10.8. The Hall–Kier alpha value is -1.68. The highest BCUT2D eigenvalue weighted by molar-refractivity contribution is 5.39. The van der Waals surface area contributed by atoms with E-state index < -0.39 is 0 Å². The van der Waals surface area contributed by atoms with Gasteiger partial charge in [-0.3, -0.25) is 0 Å². The topological polar surface area (TPSA) is 56.7 Å². The van der Waals surface area contributed by atoms with Gasteiger partial charge in [0.15, 0.2) is 5.82 Å². The average molecular weight is 230 g/mol. The Balaban J connectivity index is 2.41. The first kappa shape index (κ1) is 11.8. The summed E-state index contributed by atoms with van der Waals surface area (Å²) >= 11 is 0. The summed E-state index contributed by atoms with van der Waals surface area (Å²) in [4.78, 5) is 4.40. The molecule has 1 aromatic carbocycles. The molecule has 1 aromatic heterocycles. The summed E-state index contributed by atoms with van der Waals surface area (Å²) in [5.74, 6) is 1.71. The highest BCUT2D eigenvalue weighted by Gasteiger charge is 2.07. The van der Waals surface area contributed by atoms with Crippen LogP contribution in [0.2, 0.25) is 0 Å². The van der Waals surface area contributed by atoms with Crippen LogP contribution >= 0.6 is 0 Å². The van der Waals surface area contributed by atoms with Crippen molar-refractivity contribution in [2.45, 2.75) is 27.2 Å². The second-order valence-electron chi connectivity index (χ2n) is 4.29. The van der Waals surface area contributed by atoms with Crippen LogP contribution in [0.5, 0.6) is 0 Å². The molecule has 4 heteroatoms. The second-order valence-corrected chi connectivity index (χ2v) is 4.29. The van der Waals surface area contributed by atoms with Gasteiger partial charge in [0.1, 0.15) is 5.82 Å². The lowest BCUT2D eigenvalue weighted by molar-refractivity contribution is 0.803. The standard InChI is InChI=1S/C13H18N4/c1-9-4-5-12(8-10(9)2)17-11(3)15-13(16-17)6-7-14/h4-5,8H,6-7,14H2,1-3H3. The summed E-state index contributed by atoms with van der Waals surface area (Å²) in [6, 6.07) is 6.30. The number of nitrogens with two attached hydrogens (primary N) is 1. The summed E-state index contributed by atoms with van der Waals surface area (Å²) in [5.41, 5.74) is 9.12. The molecule has 0 bridgehead atoms. The van der Waals surface area contributed by atoms with Crippen molar-refractivity contribution in [1.82, 2.24) is 14.8 Å². The maximum absolute atomic E-state index is 5.51. The smallest absolute Gasteiger partial charge is 0.152 e. The fraction of sp³-hybridized carbons (Fsp3) is 0.385. The van der Waals surface area contributed by atoms with E-state index >= 15 is 0 Å². The molecule has 0 aliphatic carbocycles. The molecule has 0 amide bonds. The molecule has 0 radical (unpaired) electrons. The Kier molecular flexibility index (Phi) is 3.24. The van der Waals surface area contributed by atoms with E-state index in [-0.39, 0.29) is 0 Å². The SMILES string of the molecule is Cc1ccc(-n2nc(CCN)nc2C)cc1C. The van der Waals surface area contributed by atoms with E-state index in [1.807, 2.05) is 11.6 Å². The molecule has 2 N–H and O–H groups in total. The number of nitrogens with zero attached hydrogens (tertiary/aromatic N) is 3. The maximum Gasteiger partial charge on any atom is 0.152 e. The van der Waals surface area contributed by atoms with E-state index in [2.05, 4.69) is 42.1 Å². The Bertz CT molecular complexity index is 528. The first-order valence-electron chi connectivity index (χ1n) is 5.82. The monoisotopic (exact) mass is 230 g/mol. The summed E-state index contributed by atoms with van der Waals surface area (Å²) in [6.45, 7) is 6.75. The second kappa shape index (κ2) is 4.67. The Morgan fingerprint density at radius 2 is 1.94 bits per heavy atom. The van der Waals surface area contributed by atoms with Crippen molar-refractivity contribution in [1.29, 1.82) is 0 Å². The fourth-order valence-electron chi connectivity index (χ4n) is 1.78. The minimum atomic E-state index is 0.580. The Labute approximate surface area is 101 Å². The van der Waals surface area contributed by atoms with Crippen LogP contribution in [0, 0.1) is 20.8 Å². The van der Waals surface area contributed by atoms with Crippen molar-refractivity contribution in [3.8, 4) is 5.69 Å². The van der Waals surface area contributed by atoms with E-state index in [0.717, 1.165) is 23.8 Å². The Morgan fingerprint density at radius 3 is 2.59 bits per heavy atom. The number of hydrogen-bond acceptors (Lipinski definition) is 3. The molecule has 0 atom stereocenters. The molecule has 2 rings (SSSR count). The van der Waals surface area contributed by atoms with Crippen LogP contribution in [0.4, 0.5) is 0 Å². The van der Waals surface area contributed by atoms with Gasteiger partial charge in [0, 0.05) is 6.42 Å². The third-order valence-electron chi connectivity index (χ3n) is 2.92. The van der Waals surface area contributed by atoms with Gasteiger partial charge in [-0.2, -0.15) is 5.10 Å². The van der Waals surface area contributed by atoms with Crippen LogP contribution in [-0.4, -0.2) is 21.3 Å². The first-order chi connectivity index (χ1) is 8.11. The molecule has 1 heterocycles. The zero-order chi connectivity index (χ0) is 12.4. The number of hydrogen-bond donors (Lipinski definition) is 1. The first-order valence-corrected chi connectivity index (χ1v) is 5.82. The van der Waals surface area contributed by atoms with E-state index in [9.17, 15) is 0 Å². The zero-order valence-corrected chi connectivity index (χ0v) is 10.6. The molecular weight excluding hydrogens is 212 g/mol. The van der Waals surface area contributed by atoms with Crippen molar-refractivity contribution in [3.63, 3.8) is 0 Å². The van der Waals surface area contributed by atoms with Crippen LogP contribution < -0.4 is 5.73 Å². The van der Waals surface area contributed by atoms with Gasteiger partial charge in [-0.05, 0) is 50.6 Å². The van der Waals surface area contributed by atoms with Crippen molar-refractivity contribution in [2.75, 3.05) is 6.54 Å². The minimum Gasteiger partial charge on any atom is -0.330 e. The van der Waals surface area contributed by atoms with Crippen LogP contribution in [0.1, 0.15) is 22.8 Å². The molecule has 0 unspecified atom stereocenters. The number of benzene rings is 1. The predicted molar refractivity (Wildman–Crippen MR) is 68.3 cm³/mol. The largest absolute Gasteiger partial charge is 0.330 e. The molecule has 0 saturated heterocycles. The lowest BCUT2D eigenvalue weighted by Crippen LogP contribution is -2.05. The third-order valence-corrected chi connectivity index (χ3v) is 2.92. The Morgan fingerprint density at radius 1 is 1.18 bits per heavy atom. The molecule has 0 aliphatic heterocycles. The molecule has 0 aliphatic rings. The predicted octanol–water partition coefficient (Wildman–Crippen LogP) is 1.69. The van der Waals surface area contributed by atoms with E-state index in [1.54, 1.807) is 0 Å². The summed E-state index contributed by atoms with van der Waals surface area (Å²) in [6.07, 6.45) is 0.721. The average Bonchev–Trinajstić information content (AvgIpc) is 2.64. The summed E-state index contributed by atoms with van der Waals surface area (Å²) < 4.78 is 1.87. The summed E-state index contributed by atoms with van der Waals surface area (Å²) in [5, 5.41) is 4.47. The fourth-order valence-corrected chi connectivity index (χ4v) is 1.78. The van der Waals surface area contributed by atoms with E-state index in [4.69, 9.17) is 5.73 Å². The zero-order valence-electron chi connectivity index (χ0n) is 10.6. The van der Waals surface area contributed by atoms with E-state index in [0.29, 0.717) is 6.54 Å². The molecule has 0 spiro atoms. The molecule has 90 valence electrons. The number of aromatic nitrogens is 3. The lowest BCUT2D eigenvalue weighted by Gasteiger charge is -2.06. The lowest BCUT2D eigenvalue weighted by atomic mass is 10.1. The molecule has 0 fully saturated rings. The minimum absolute atomic E-state index is 0.580. The van der Waals surface area contributed by atoms with Crippen LogP contribution in [0.25, 0.3) is 5.69 Å². The van der Waals surface area contributed by atoms with Crippen molar-refractivity contribution in [3.05, 3.63) is 41.0 Å². The number of rotatable bonds is 3. The van der Waals surface area contributed by atoms with Gasteiger partial charge in [-0.1, -0.05) is 6.07 Å². The third kappa shape index (κ3) is 2.36. The van der Waals surface area contributed by atoms with E-state index in [1.165, 1.54) is 11.1 Å². The highest BCUT2D eigenvalue weighted by atomic mass is 15.3. The van der Waals surface area contributed by atoms with Crippen LogP contribution in [0.15, 0.2) is 18.2 Å². The molecular formula is C13H18N4. The van der Waals surface area contributed by atoms with Crippen molar-refractivity contribution < 1.29 is 0 Å². The molecule has 2 aromatic rings. The van der Waals surface area contributed by atoms with Gasteiger partial charge in [-0.25, -0.2) is 9.67 Å². The molecule has 0 saturated carbocycles. The van der Waals surface area contributed by atoms with Gasteiger partial charge < -0.3 is 5.73 Å². The van der Waals surface area contributed by atoms with Crippen molar-refractivity contribution >= 4 is 0 Å². The van der Waals surface area contributed by atoms with Crippen molar-refractivity contribution in [2.24, 2.45) is 5.73 Å². The summed E-state index contributed by atoms with van der Waals surface area (Å²) in [7, 11) is 0. The maximum atomic E-state index is 5.51. The van der Waals surface area contributed by atoms with Crippen LogP contribution in [-0.2, 0) is 6.42 Å². The number of aryl methyl sites for hydroxylation is 3. The van der Waals surface area contributed by atoms with Gasteiger partial charge in [-0.15, -0.1) is 0 Å². The molecule has 4 nitrogen and oxygen atoms in total. The van der Waals surface area contributed by atoms with Gasteiger partial charge in [0.2, 0.25) is 0 Å². The quantitative estimate of drug-likeness (QED) is 0.873. The highest BCUT2D eigenvalue weighted by Crippen LogP contribution is 2.14. The van der Waals surface area contributed by atoms with Gasteiger partial charge >= 0.3 is 0 Å². The van der Waals surface area contributed by atoms with Gasteiger partial charge in [0.25, 0.3) is 0 Å².